The number of nitrogens with zero attached hydrogens (tertiary/aromatic N) is 4. The van der Waals surface area contributed by atoms with Crippen LogP contribution in [0.1, 0.15) is 45.4 Å². The van der Waals surface area contributed by atoms with E-state index in [4.69, 9.17) is 10.5 Å². The van der Waals surface area contributed by atoms with Crippen LogP contribution in [0.3, 0.4) is 0 Å². The molecule has 0 radical (unpaired) electrons. The predicted molar refractivity (Wildman–Crippen MR) is 138 cm³/mol. The van der Waals surface area contributed by atoms with Gasteiger partial charge >= 0.3 is 6.09 Å². The summed E-state index contributed by atoms with van der Waals surface area (Å²) in [7, 11) is 0. The number of carbonyl (C=O) groups is 3. The number of nitrogens with two attached hydrogens (primary N) is 1. The van der Waals surface area contributed by atoms with Gasteiger partial charge in [0.05, 0.1) is 16.8 Å². The van der Waals surface area contributed by atoms with Crippen LogP contribution in [-0.2, 0) is 24.4 Å². The summed E-state index contributed by atoms with van der Waals surface area (Å²) in [6.45, 7) is 5.16. The van der Waals surface area contributed by atoms with Crippen molar-refractivity contribution >= 4 is 34.9 Å². The van der Waals surface area contributed by atoms with Gasteiger partial charge in [-0.1, -0.05) is 36.4 Å². The van der Waals surface area contributed by atoms with Crippen LogP contribution >= 0.6 is 0 Å². The van der Waals surface area contributed by atoms with Gasteiger partial charge < -0.3 is 20.4 Å². The second-order valence-corrected chi connectivity index (χ2v) is 8.41. The molecular formula is C26H29N7O4. The number of alkyl carbamates (subject to hydrolysis) is 1. The molecule has 0 saturated heterocycles. The third-order valence-corrected chi connectivity index (χ3v) is 5.74. The minimum atomic E-state index is -0.615. The molecule has 4 aromatic rings. The van der Waals surface area contributed by atoms with Crippen LogP contribution in [0.4, 0.5) is 10.7 Å². The first-order chi connectivity index (χ1) is 17.9. The SMILES string of the molecule is CCn1nc(C)cc1C(=O)Nc1nc2c(C(N)=O)cccc2n1CCCNC(=O)OCc1ccccc1. The Morgan fingerprint density at radius 2 is 1.86 bits per heavy atom. The van der Waals surface area contributed by atoms with E-state index in [9.17, 15) is 14.4 Å². The topological polar surface area (TPSA) is 146 Å². The van der Waals surface area contributed by atoms with Crippen molar-refractivity contribution < 1.29 is 19.1 Å². The van der Waals surface area contributed by atoms with E-state index in [0.717, 1.165) is 11.3 Å². The van der Waals surface area contributed by atoms with Crippen LogP contribution in [0.5, 0.6) is 0 Å². The molecule has 0 saturated carbocycles. The highest BCUT2D eigenvalue weighted by atomic mass is 16.5. The van der Waals surface area contributed by atoms with Crippen LogP contribution in [0, 0.1) is 6.92 Å². The second-order valence-electron chi connectivity index (χ2n) is 8.41. The van der Waals surface area contributed by atoms with Crippen LogP contribution < -0.4 is 16.4 Å². The van der Waals surface area contributed by atoms with Crippen molar-refractivity contribution in [2.24, 2.45) is 5.73 Å². The number of hydrogen-bond acceptors (Lipinski definition) is 6. The number of fused-ring (bicyclic) bond motifs is 1. The molecule has 2 aromatic carbocycles. The van der Waals surface area contributed by atoms with Gasteiger partial charge in [0.15, 0.2) is 0 Å². The summed E-state index contributed by atoms with van der Waals surface area (Å²) < 4.78 is 8.64. The lowest BCUT2D eigenvalue weighted by molar-refractivity contribution is 0.0997. The van der Waals surface area contributed by atoms with Gasteiger partial charge in [0.25, 0.3) is 11.8 Å². The van der Waals surface area contributed by atoms with E-state index in [1.807, 2.05) is 44.2 Å². The minimum absolute atomic E-state index is 0.179. The number of anilines is 1. The van der Waals surface area contributed by atoms with E-state index in [-0.39, 0.29) is 24.0 Å². The highest BCUT2D eigenvalue weighted by molar-refractivity contribution is 6.06. The van der Waals surface area contributed by atoms with Crippen molar-refractivity contribution in [1.29, 1.82) is 0 Å². The van der Waals surface area contributed by atoms with E-state index < -0.39 is 12.0 Å². The predicted octanol–water partition coefficient (Wildman–Crippen LogP) is 3.23. The van der Waals surface area contributed by atoms with Crippen molar-refractivity contribution in [1.82, 2.24) is 24.6 Å². The summed E-state index contributed by atoms with van der Waals surface area (Å²) in [5.74, 6) is -0.722. The van der Waals surface area contributed by atoms with Crippen LogP contribution in [0.25, 0.3) is 11.0 Å². The summed E-state index contributed by atoms with van der Waals surface area (Å²) >= 11 is 0. The fourth-order valence-electron chi connectivity index (χ4n) is 4.00. The Labute approximate surface area is 213 Å². The lowest BCUT2D eigenvalue weighted by Crippen LogP contribution is -2.26. The molecule has 4 N–H and O–H groups in total. The smallest absolute Gasteiger partial charge is 0.407 e. The Morgan fingerprint density at radius 1 is 1.08 bits per heavy atom. The number of aromatic nitrogens is 4. The molecule has 192 valence electrons. The molecule has 0 bridgehead atoms. The zero-order chi connectivity index (χ0) is 26.4. The number of nitrogens with one attached hydrogen (secondary N) is 2. The van der Waals surface area contributed by atoms with E-state index >= 15 is 0 Å². The molecule has 0 aliphatic carbocycles. The first-order valence-corrected chi connectivity index (χ1v) is 12.0. The Hall–Kier alpha value is -4.67. The average Bonchev–Trinajstić information content (AvgIpc) is 3.45. The zero-order valence-corrected chi connectivity index (χ0v) is 20.7. The number of carbonyl (C=O) groups excluding carboxylic acids is 3. The largest absolute Gasteiger partial charge is 0.445 e. The van der Waals surface area contributed by atoms with Crippen molar-refractivity contribution in [3.05, 3.63) is 77.1 Å². The number of aryl methyl sites for hydroxylation is 3. The van der Waals surface area contributed by atoms with E-state index in [0.29, 0.717) is 42.8 Å². The van der Waals surface area contributed by atoms with Crippen LogP contribution in [0.2, 0.25) is 0 Å². The molecule has 2 heterocycles. The fraction of sp³-hybridized carbons (Fsp3) is 0.269. The fourth-order valence-corrected chi connectivity index (χ4v) is 4.00. The normalized spacial score (nSPS) is 10.9. The van der Waals surface area contributed by atoms with Crippen molar-refractivity contribution in [2.75, 3.05) is 11.9 Å². The summed E-state index contributed by atoms with van der Waals surface area (Å²) in [6, 6.07) is 16.2. The molecule has 0 atom stereocenters. The van der Waals surface area contributed by atoms with Crippen LogP contribution in [-0.4, -0.2) is 43.8 Å². The van der Waals surface area contributed by atoms with Gasteiger partial charge in [-0.05, 0) is 44.0 Å². The molecule has 4 rings (SSSR count). The van der Waals surface area contributed by atoms with Gasteiger partial charge in [0, 0.05) is 19.6 Å². The lowest BCUT2D eigenvalue weighted by atomic mass is 10.2. The molecular weight excluding hydrogens is 474 g/mol. The Kier molecular flexibility index (Phi) is 7.82. The van der Waals surface area contributed by atoms with Gasteiger partial charge in [-0.15, -0.1) is 0 Å². The first-order valence-electron chi connectivity index (χ1n) is 12.0. The third kappa shape index (κ3) is 5.95. The molecule has 0 spiro atoms. The summed E-state index contributed by atoms with van der Waals surface area (Å²) in [5.41, 5.74) is 8.85. The number of imidazole rings is 1. The highest BCUT2D eigenvalue weighted by Gasteiger charge is 2.20. The van der Waals surface area contributed by atoms with E-state index in [1.165, 1.54) is 0 Å². The zero-order valence-electron chi connectivity index (χ0n) is 20.7. The minimum Gasteiger partial charge on any atom is -0.445 e. The summed E-state index contributed by atoms with van der Waals surface area (Å²) in [6.07, 6.45) is -0.00578. The average molecular weight is 504 g/mol. The molecule has 2 aromatic heterocycles. The highest BCUT2D eigenvalue weighted by Crippen LogP contribution is 2.24. The Bertz CT molecular complexity index is 1430. The van der Waals surface area contributed by atoms with Crippen LogP contribution in [0.15, 0.2) is 54.6 Å². The van der Waals surface area contributed by atoms with E-state index in [1.54, 1.807) is 33.5 Å². The molecule has 0 unspecified atom stereocenters. The number of ether oxygens (including phenoxy) is 1. The lowest BCUT2D eigenvalue weighted by Gasteiger charge is -2.11. The summed E-state index contributed by atoms with van der Waals surface area (Å²) in [4.78, 5) is 41.6. The number of hydrogen-bond donors (Lipinski definition) is 3. The third-order valence-electron chi connectivity index (χ3n) is 5.74. The number of primary amides is 1. The summed E-state index contributed by atoms with van der Waals surface area (Å²) in [5, 5.41) is 9.90. The van der Waals surface area contributed by atoms with Crippen molar-refractivity contribution in [3.8, 4) is 0 Å². The standard InChI is InChI=1S/C26H29N7O4/c1-3-33-21(15-17(2)31-33)24(35)30-25-29-22-19(23(27)34)11-7-12-20(22)32(25)14-8-13-28-26(36)37-16-18-9-5-4-6-10-18/h4-7,9-12,15H,3,8,13-14,16H2,1-2H3,(H2,27,34)(H,28,36)(H,29,30,35). The molecule has 0 aliphatic rings. The number of rotatable bonds is 10. The van der Waals surface area contributed by atoms with Gasteiger partial charge in [-0.25, -0.2) is 9.78 Å². The maximum atomic E-state index is 13.1. The van der Waals surface area contributed by atoms with Gasteiger partial charge in [-0.2, -0.15) is 5.10 Å². The maximum absolute atomic E-state index is 13.1. The molecule has 11 heteroatoms. The van der Waals surface area contributed by atoms with Crippen molar-refractivity contribution in [3.63, 3.8) is 0 Å². The quantitative estimate of drug-likeness (QED) is 0.283. The molecule has 3 amide bonds. The van der Waals surface area contributed by atoms with Gasteiger partial charge in [0.2, 0.25) is 5.95 Å². The molecule has 37 heavy (non-hydrogen) atoms. The number of benzene rings is 2. The first kappa shape index (κ1) is 25.4. The maximum Gasteiger partial charge on any atom is 0.407 e. The van der Waals surface area contributed by atoms with Gasteiger partial charge in [0.1, 0.15) is 17.8 Å². The van der Waals surface area contributed by atoms with Gasteiger partial charge in [-0.3, -0.25) is 19.6 Å². The van der Waals surface area contributed by atoms with E-state index in [2.05, 4.69) is 20.7 Å². The molecule has 0 aliphatic heterocycles. The van der Waals surface area contributed by atoms with Crippen molar-refractivity contribution in [2.45, 2.75) is 40.0 Å². The number of amides is 3. The molecule has 0 fully saturated rings. The number of para-hydroxylation sites is 1. The Balaban J connectivity index is 1.48. The monoisotopic (exact) mass is 503 g/mol. The molecule has 11 nitrogen and oxygen atoms in total. The second kappa shape index (κ2) is 11.4. The Morgan fingerprint density at radius 3 is 2.59 bits per heavy atom.